The van der Waals surface area contributed by atoms with E-state index in [1.54, 1.807) is 6.20 Å². The molecule has 0 atom stereocenters. The summed E-state index contributed by atoms with van der Waals surface area (Å²) < 4.78 is 0. The van der Waals surface area contributed by atoms with Crippen LogP contribution in [0.2, 0.25) is 0 Å². The molecule has 0 aliphatic rings. The van der Waals surface area contributed by atoms with Gasteiger partial charge in [0.05, 0.1) is 12.4 Å². The first-order valence-corrected chi connectivity index (χ1v) is 5.25. The molecule has 0 radical (unpaired) electrons. The molecule has 0 saturated heterocycles. The Hall–Kier alpha value is -2.41. The Labute approximate surface area is 100.0 Å². The summed E-state index contributed by atoms with van der Waals surface area (Å²) in [4.78, 5) is 8.08. The van der Waals surface area contributed by atoms with E-state index < -0.39 is 0 Å². The van der Waals surface area contributed by atoms with Crippen LogP contribution in [0.5, 0.6) is 0 Å². The standard InChI is InChI=1S/C13H12N4/c1-9-3-4-10(2)12(5-9)17-13-8-15-11(6-14)7-16-13/h3-5,7-8H,1-2H3,(H,16,17). The van der Waals surface area contributed by atoms with Gasteiger partial charge in [-0.25, -0.2) is 9.97 Å². The number of benzene rings is 1. The predicted octanol–water partition coefficient (Wildman–Crippen LogP) is 2.71. The van der Waals surface area contributed by atoms with E-state index >= 15 is 0 Å². The van der Waals surface area contributed by atoms with Gasteiger partial charge >= 0.3 is 0 Å². The minimum atomic E-state index is 0.316. The molecule has 0 unspecified atom stereocenters. The zero-order valence-electron chi connectivity index (χ0n) is 9.73. The monoisotopic (exact) mass is 224 g/mol. The molecule has 17 heavy (non-hydrogen) atoms. The average molecular weight is 224 g/mol. The van der Waals surface area contributed by atoms with Crippen molar-refractivity contribution in [2.75, 3.05) is 5.32 Å². The van der Waals surface area contributed by atoms with Crippen molar-refractivity contribution in [2.45, 2.75) is 13.8 Å². The summed E-state index contributed by atoms with van der Waals surface area (Å²) >= 11 is 0. The fourth-order valence-electron chi connectivity index (χ4n) is 1.46. The molecule has 0 saturated carbocycles. The molecule has 2 rings (SSSR count). The molecule has 4 heteroatoms. The molecule has 1 aromatic carbocycles. The highest BCUT2D eigenvalue weighted by molar-refractivity contribution is 5.60. The van der Waals surface area contributed by atoms with E-state index in [-0.39, 0.29) is 0 Å². The van der Waals surface area contributed by atoms with Crippen molar-refractivity contribution in [1.29, 1.82) is 5.26 Å². The lowest BCUT2D eigenvalue weighted by molar-refractivity contribution is 1.16. The van der Waals surface area contributed by atoms with Crippen LogP contribution in [0.25, 0.3) is 0 Å². The SMILES string of the molecule is Cc1ccc(C)c(Nc2cnc(C#N)cn2)c1. The van der Waals surface area contributed by atoms with Crippen molar-refractivity contribution >= 4 is 11.5 Å². The fourth-order valence-corrected chi connectivity index (χ4v) is 1.46. The first-order chi connectivity index (χ1) is 8.19. The van der Waals surface area contributed by atoms with E-state index in [2.05, 4.69) is 33.5 Å². The van der Waals surface area contributed by atoms with Crippen LogP contribution < -0.4 is 5.32 Å². The van der Waals surface area contributed by atoms with E-state index in [4.69, 9.17) is 5.26 Å². The Morgan fingerprint density at radius 2 is 2.00 bits per heavy atom. The first-order valence-electron chi connectivity index (χ1n) is 5.25. The molecule has 1 N–H and O–H groups in total. The van der Waals surface area contributed by atoms with Gasteiger partial charge in [-0.3, -0.25) is 0 Å². The second-order valence-corrected chi connectivity index (χ2v) is 3.84. The topological polar surface area (TPSA) is 61.6 Å². The summed E-state index contributed by atoms with van der Waals surface area (Å²) in [6, 6.07) is 8.10. The molecule has 4 nitrogen and oxygen atoms in total. The van der Waals surface area contributed by atoms with Crippen molar-refractivity contribution in [1.82, 2.24) is 9.97 Å². The minimum absolute atomic E-state index is 0.316. The molecule has 0 aliphatic carbocycles. The Morgan fingerprint density at radius 3 is 2.65 bits per heavy atom. The normalized spacial score (nSPS) is 9.71. The van der Waals surface area contributed by atoms with Crippen LogP contribution in [-0.4, -0.2) is 9.97 Å². The van der Waals surface area contributed by atoms with Crippen LogP contribution in [0.15, 0.2) is 30.6 Å². The molecule has 0 amide bonds. The quantitative estimate of drug-likeness (QED) is 0.851. The maximum Gasteiger partial charge on any atom is 0.158 e. The van der Waals surface area contributed by atoms with Gasteiger partial charge in [-0.1, -0.05) is 12.1 Å². The Kier molecular flexibility index (Phi) is 3.01. The molecule has 0 fully saturated rings. The Balaban J connectivity index is 2.25. The predicted molar refractivity (Wildman–Crippen MR) is 65.9 cm³/mol. The zero-order chi connectivity index (χ0) is 12.3. The molecule has 84 valence electrons. The summed E-state index contributed by atoms with van der Waals surface area (Å²) in [5.74, 6) is 0.637. The number of aryl methyl sites for hydroxylation is 2. The number of anilines is 2. The highest BCUT2D eigenvalue weighted by Gasteiger charge is 2.01. The van der Waals surface area contributed by atoms with Gasteiger partial charge < -0.3 is 5.32 Å². The summed E-state index contributed by atoms with van der Waals surface area (Å²) in [5.41, 5.74) is 3.64. The van der Waals surface area contributed by atoms with Gasteiger partial charge in [-0.05, 0) is 31.0 Å². The number of hydrogen-bond acceptors (Lipinski definition) is 4. The first kappa shape index (κ1) is 11.1. The maximum absolute atomic E-state index is 8.63. The van der Waals surface area contributed by atoms with Gasteiger partial charge in [0.1, 0.15) is 11.9 Å². The van der Waals surface area contributed by atoms with E-state index in [9.17, 15) is 0 Å². The minimum Gasteiger partial charge on any atom is -0.339 e. The van der Waals surface area contributed by atoms with Crippen LogP contribution in [0, 0.1) is 25.2 Å². The molecule has 0 bridgehead atoms. The van der Waals surface area contributed by atoms with E-state index in [0.717, 1.165) is 11.3 Å². The lowest BCUT2D eigenvalue weighted by Gasteiger charge is -2.09. The van der Waals surface area contributed by atoms with Gasteiger partial charge in [0.2, 0.25) is 0 Å². The van der Waals surface area contributed by atoms with Crippen LogP contribution in [0.3, 0.4) is 0 Å². The van der Waals surface area contributed by atoms with Gasteiger partial charge in [0, 0.05) is 5.69 Å². The number of hydrogen-bond donors (Lipinski definition) is 1. The number of nitriles is 1. The van der Waals surface area contributed by atoms with E-state index in [1.165, 1.54) is 11.8 Å². The number of nitrogens with zero attached hydrogens (tertiary/aromatic N) is 3. The Morgan fingerprint density at radius 1 is 1.18 bits per heavy atom. The summed E-state index contributed by atoms with van der Waals surface area (Å²) in [6.45, 7) is 4.06. The highest BCUT2D eigenvalue weighted by Crippen LogP contribution is 2.19. The summed E-state index contributed by atoms with van der Waals surface area (Å²) in [5, 5.41) is 11.8. The maximum atomic E-state index is 8.63. The van der Waals surface area contributed by atoms with Crippen molar-refractivity contribution in [3.8, 4) is 6.07 Å². The third kappa shape index (κ3) is 2.58. The van der Waals surface area contributed by atoms with E-state index in [1.807, 2.05) is 19.9 Å². The second kappa shape index (κ2) is 4.62. The van der Waals surface area contributed by atoms with Gasteiger partial charge in [-0.2, -0.15) is 5.26 Å². The third-order valence-corrected chi connectivity index (χ3v) is 2.42. The summed E-state index contributed by atoms with van der Waals surface area (Å²) in [7, 11) is 0. The molecular weight excluding hydrogens is 212 g/mol. The average Bonchev–Trinajstić information content (AvgIpc) is 2.35. The Bertz CT molecular complexity index is 567. The van der Waals surface area contributed by atoms with Gasteiger partial charge in [0.25, 0.3) is 0 Å². The van der Waals surface area contributed by atoms with Gasteiger partial charge in [0.15, 0.2) is 5.69 Å². The van der Waals surface area contributed by atoms with Gasteiger partial charge in [-0.15, -0.1) is 0 Å². The highest BCUT2D eigenvalue weighted by atomic mass is 15.0. The summed E-state index contributed by atoms with van der Waals surface area (Å²) in [6.07, 6.45) is 3.01. The van der Waals surface area contributed by atoms with Crippen LogP contribution in [-0.2, 0) is 0 Å². The third-order valence-electron chi connectivity index (χ3n) is 2.42. The number of aromatic nitrogens is 2. The molecule has 0 spiro atoms. The molecule has 2 aromatic rings. The number of rotatable bonds is 2. The lowest BCUT2D eigenvalue weighted by atomic mass is 10.1. The second-order valence-electron chi connectivity index (χ2n) is 3.84. The van der Waals surface area contributed by atoms with Crippen molar-refractivity contribution < 1.29 is 0 Å². The van der Waals surface area contributed by atoms with Crippen molar-refractivity contribution in [3.63, 3.8) is 0 Å². The zero-order valence-corrected chi connectivity index (χ0v) is 9.73. The van der Waals surface area contributed by atoms with Crippen molar-refractivity contribution in [2.24, 2.45) is 0 Å². The number of nitrogens with one attached hydrogen (secondary N) is 1. The molecule has 1 aromatic heterocycles. The smallest absolute Gasteiger partial charge is 0.158 e. The lowest BCUT2D eigenvalue weighted by Crippen LogP contribution is -1.97. The van der Waals surface area contributed by atoms with Crippen LogP contribution >= 0.6 is 0 Å². The largest absolute Gasteiger partial charge is 0.339 e. The van der Waals surface area contributed by atoms with E-state index in [0.29, 0.717) is 11.5 Å². The van der Waals surface area contributed by atoms with Crippen LogP contribution in [0.1, 0.15) is 16.8 Å². The van der Waals surface area contributed by atoms with Crippen molar-refractivity contribution in [3.05, 3.63) is 47.4 Å². The van der Waals surface area contributed by atoms with Crippen LogP contribution in [0.4, 0.5) is 11.5 Å². The fraction of sp³-hybridized carbons (Fsp3) is 0.154. The molecule has 1 heterocycles. The molecular formula is C13H12N4. The molecule has 0 aliphatic heterocycles.